The molecule has 2 amide bonds. The molecule has 0 bridgehead atoms. The van der Waals surface area contributed by atoms with E-state index in [1.165, 1.54) is 0 Å². The summed E-state index contributed by atoms with van der Waals surface area (Å²) in [4.78, 5) is 32.1. The van der Waals surface area contributed by atoms with Crippen LogP contribution < -0.4 is 5.32 Å². The van der Waals surface area contributed by atoms with Crippen LogP contribution in [0.1, 0.15) is 26.0 Å². The standard InChI is InChI=1S/C20H26N4O2/c1-3-16-14-19(17-6-4-5-7-18(17)22-16)21-9-8-20(26)24-12-10-23(11-13-24)15(2)25/h4-7,14H,3,8-13H2,1-2H3,(H,21,22). The summed E-state index contributed by atoms with van der Waals surface area (Å²) < 4.78 is 0. The smallest absolute Gasteiger partial charge is 0.224 e. The van der Waals surface area contributed by atoms with Crippen molar-refractivity contribution in [3.05, 3.63) is 36.0 Å². The van der Waals surface area contributed by atoms with Gasteiger partial charge in [0.15, 0.2) is 0 Å². The van der Waals surface area contributed by atoms with Crippen molar-refractivity contribution in [2.24, 2.45) is 0 Å². The lowest BCUT2D eigenvalue weighted by Crippen LogP contribution is -2.50. The fourth-order valence-corrected chi connectivity index (χ4v) is 3.29. The fourth-order valence-electron chi connectivity index (χ4n) is 3.29. The van der Waals surface area contributed by atoms with Crippen molar-refractivity contribution < 1.29 is 9.59 Å². The number of amides is 2. The highest BCUT2D eigenvalue weighted by Crippen LogP contribution is 2.23. The molecular formula is C20H26N4O2. The number of rotatable bonds is 5. The molecule has 3 rings (SSSR count). The van der Waals surface area contributed by atoms with E-state index in [1.54, 1.807) is 11.8 Å². The van der Waals surface area contributed by atoms with Crippen LogP contribution >= 0.6 is 0 Å². The van der Waals surface area contributed by atoms with Gasteiger partial charge in [0.05, 0.1) is 5.52 Å². The Hall–Kier alpha value is -2.63. The highest BCUT2D eigenvalue weighted by atomic mass is 16.2. The van der Waals surface area contributed by atoms with E-state index in [0.717, 1.165) is 28.7 Å². The predicted octanol–water partition coefficient (Wildman–Crippen LogP) is 2.29. The average molecular weight is 354 g/mol. The molecule has 2 heterocycles. The molecule has 1 N–H and O–H groups in total. The summed E-state index contributed by atoms with van der Waals surface area (Å²) >= 11 is 0. The third-order valence-corrected chi connectivity index (χ3v) is 4.86. The first kappa shape index (κ1) is 18.2. The van der Waals surface area contributed by atoms with Crippen molar-refractivity contribution >= 4 is 28.4 Å². The molecule has 26 heavy (non-hydrogen) atoms. The number of benzene rings is 1. The van der Waals surface area contributed by atoms with Crippen LogP contribution in [0.3, 0.4) is 0 Å². The van der Waals surface area contributed by atoms with Crippen molar-refractivity contribution in [3.8, 4) is 0 Å². The van der Waals surface area contributed by atoms with Crippen LogP contribution in [0.4, 0.5) is 5.69 Å². The molecule has 0 spiro atoms. The number of aromatic nitrogens is 1. The molecule has 0 radical (unpaired) electrons. The van der Waals surface area contributed by atoms with Gasteiger partial charge in [-0.1, -0.05) is 25.1 Å². The molecule has 1 aromatic heterocycles. The molecular weight excluding hydrogens is 328 g/mol. The van der Waals surface area contributed by atoms with Gasteiger partial charge in [-0.3, -0.25) is 14.6 Å². The fraction of sp³-hybridized carbons (Fsp3) is 0.450. The van der Waals surface area contributed by atoms with Crippen LogP contribution in [0, 0.1) is 0 Å². The molecule has 0 saturated carbocycles. The predicted molar refractivity (Wildman–Crippen MR) is 103 cm³/mol. The number of aryl methyl sites for hydroxylation is 1. The molecule has 1 aromatic carbocycles. The maximum atomic E-state index is 12.4. The van der Waals surface area contributed by atoms with Crippen molar-refractivity contribution in [1.29, 1.82) is 0 Å². The van der Waals surface area contributed by atoms with Crippen molar-refractivity contribution in [2.45, 2.75) is 26.7 Å². The largest absolute Gasteiger partial charge is 0.384 e. The number of hydrogen-bond acceptors (Lipinski definition) is 4. The molecule has 0 unspecified atom stereocenters. The van der Waals surface area contributed by atoms with E-state index in [4.69, 9.17) is 0 Å². The summed E-state index contributed by atoms with van der Waals surface area (Å²) in [6, 6.07) is 10.1. The number of para-hydroxylation sites is 1. The maximum absolute atomic E-state index is 12.4. The van der Waals surface area contributed by atoms with E-state index in [-0.39, 0.29) is 11.8 Å². The molecule has 1 aliphatic rings. The monoisotopic (exact) mass is 354 g/mol. The van der Waals surface area contributed by atoms with Crippen LogP contribution in [-0.4, -0.2) is 59.3 Å². The quantitative estimate of drug-likeness (QED) is 0.895. The van der Waals surface area contributed by atoms with E-state index < -0.39 is 0 Å². The number of hydrogen-bond donors (Lipinski definition) is 1. The zero-order chi connectivity index (χ0) is 18.5. The Morgan fingerprint density at radius 2 is 1.81 bits per heavy atom. The lowest BCUT2D eigenvalue weighted by molar-refractivity contribution is -0.138. The number of nitrogens with one attached hydrogen (secondary N) is 1. The Bertz CT molecular complexity index is 797. The third-order valence-electron chi connectivity index (χ3n) is 4.86. The molecule has 6 heteroatoms. The van der Waals surface area contributed by atoms with Crippen LogP contribution in [0.5, 0.6) is 0 Å². The first-order valence-electron chi connectivity index (χ1n) is 9.24. The number of carbonyl (C=O) groups is 2. The van der Waals surface area contributed by atoms with Gasteiger partial charge in [-0.05, 0) is 18.6 Å². The molecule has 1 saturated heterocycles. The maximum Gasteiger partial charge on any atom is 0.224 e. The minimum absolute atomic E-state index is 0.0788. The number of fused-ring (bicyclic) bond motifs is 1. The average Bonchev–Trinajstić information content (AvgIpc) is 2.67. The minimum Gasteiger partial charge on any atom is -0.384 e. The summed E-state index contributed by atoms with van der Waals surface area (Å²) in [5.41, 5.74) is 3.04. The van der Waals surface area contributed by atoms with Gasteiger partial charge >= 0.3 is 0 Å². The summed E-state index contributed by atoms with van der Waals surface area (Å²) in [6.45, 7) is 6.75. The van der Waals surface area contributed by atoms with Crippen LogP contribution in [-0.2, 0) is 16.0 Å². The second kappa shape index (κ2) is 8.17. The number of piperazine rings is 1. The molecule has 1 aliphatic heterocycles. The Morgan fingerprint density at radius 3 is 2.50 bits per heavy atom. The topological polar surface area (TPSA) is 65.5 Å². The molecule has 6 nitrogen and oxygen atoms in total. The molecule has 2 aromatic rings. The van der Waals surface area contributed by atoms with Gasteiger partial charge in [0, 0.05) is 62.8 Å². The lowest BCUT2D eigenvalue weighted by Gasteiger charge is -2.34. The Balaban J connectivity index is 1.57. The number of nitrogens with zero attached hydrogens (tertiary/aromatic N) is 3. The summed E-state index contributed by atoms with van der Waals surface area (Å²) in [7, 11) is 0. The number of anilines is 1. The van der Waals surface area contributed by atoms with Crippen molar-refractivity contribution in [1.82, 2.24) is 14.8 Å². The molecule has 138 valence electrons. The van der Waals surface area contributed by atoms with Crippen molar-refractivity contribution in [2.75, 3.05) is 38.0 Å². The van der Waals surface area contributed by atoms with Gasteiger partial charge in [0.2, 0.25) is 11.8 Å². The van der Waals surface area contributed by atoms with Gasteiger partial charge in [0.25, 0.3) is 0 Å². The normalized spacial score (nSPS) is 14.5. The Morgan fingerprint density at radius 1 is 1.12 bits per heavy atom. The summed E-state index contributed by atoms with van der Waals surface area (Å²) in [6.07, 6.45) is 1.32. The Labute approximate surface area is 154 Å². The Kier molecular flexibility index (Phi) is 5.71. The van der Waals surface area contributed by atoms with E-state index in [2.05, 4.69) is 23.3 Å². The zero-order valence-corrected chi connectivity index (χ0v) is 15.5. The van der Waals surface area contributed by atoms with Gasteiger partial charge in [-0.15, -0.1) is 0 Å². The van der Waals surface area contributed by atoms with E-state index in [9.17, 15) is 9.59 Å². The van der Waals surface area contributed by atoms with Gasteiger partial charge in [-0.2, -0.15) is 0 Å². The zero-order valence-electron chi connectivity index (χ0n) is 15.5. The summed E-state index contributed by atoms with van der Waals surface area (Å²) in [5, 5.41) is 4.48. The van der Waals surface area contributed by atoms with Gasteiger partial charge in [-0.25, -0.2) is 0 Å². The molecule has 0 atom stereocenters. The highest BCUT2D eigenvalue weighted by Gasteiger charge is 2.21. The minimum atomic E-state index is 0.0788. The number of carbonyl (C=O) groups excluding carboxylic acids is 2. The molecule has 1 fully saturated rings. The lowest BCUT2D eigenvalue weighted by atomic mass is 10.1. The van der Waals surface area contributed by atoms with Crippen molar-refractivity contribution in [3.63, 3.8) is 0 Å². The highest BCUT2D eigenvalue weighted by molar-refractivity contribution is 5.91. The van der Waals surface area contributed by atoms with E-state index in [0.29, 0.717) is 39.1 Å². The SMILES string of the molecule is CCc1cc(NCCC(=O)N2CCN(C(C)=O)CC2)c2ccccc2n1. The first-order chi connectivity index (χ1) is 12.6. The van der Waals surface area contributed by atoms with Crippen LogP contribution in [0.15, 0.2) is 30.3 Å². The van der Waals surface area contributed by atoms with Crippen LogP contribution in [0.2, 0.25) is 0 Å². The second-order valence-electron chi connectivity index (χ2n) is 6.60. The first-order valence-corrected chi connectivity index (χ1v) is 9.24. The van der Waals surface area contributed by atoms with Gasteiger partial charge < -0.3 is 15.1 Å². The van der Waals surface area contributed by atoms with Gasteiger partial charge in [0.1, 0.15) is 0 Å². The van der Waals surface area contributed by atoms with E-state index >= 15 is 0 Å². The van der Waals surface area contributed by atoms with Crippen LogP contribution in [0.25, 0.3) is 10.9 Å². The molecule has 0 aliphatic carbocycles. The number of pyridine rings is 1. The summed E-state index contributed by atoms with van der Waals surface area (Å²) in [5.74, 6) is 0.213. The van der Waals surface area contributed by atoms with E-state index in [1.807, 2.05) is 29.2 Å². The second-order valence-corrected chi connectivity index (χ2v) is 6.60. The third kappa shape index (κ3) is 4.12.